The third-order valence-electron chi connectivity index (χ3n) is 5.17. The molecule has 9 nitrogen and oxygen atoms in total. The summed E-state index contributed by atoms with van der Waals surface area (Å²) in [6.07, 6.45) is 1.59. The van der Waals surface area contributed by atoms with E-state index in [0.717, 1.165) is 18.8 Å². The SMILES string of the molecule is COc1ccccc1-n1c(SCC(=O)N2CCN(CCO)CC2)nnc1-c1ccco1. The Labute approximate surface area is 184 Å². The number of hydrogen-bond acceptors (Lipinski definition) is 8. The van der Waals surface area contributed by atoms with E-state index in [-0.39, 0.29) is 18.3 Å². The largest absolute Gasteiger partial charge is 0.495 e. The first kappa shape index (κ1) is 21.4. The van der Waals surface area contributed by atoms with Gasteiger partial charge in [-0.1, -0.05) is 23.9 Å². The number of ether oxygens (including phenoxy) is 1. The molecule has 3 aromatic rings. The van der Waals surface area contributed by atoms with E-state index in [9.17, 15) is 4.79 Å². The molecule has 0 bridgehead atoms. The van der Waals surface area contributed by atoms with E-state index in [0.29, 0.717) is 42.1 Å². The molecule has 0 unspecified atom stereocenters. The van der Waals surface area contributed by atoms with Crippen LogP contribution in [0.25, 0.3) is 17.3 Å². The predicted octanol–water partition coefficient (Wildman–Crippen LogP) is 1.76. The van der Waals surface area contributed by atoms with Crippen LogP contribution in [0.2, 0.25) is 0 Å². The summed E-state index contributed by atoms with van der Waals surface area (Å²) < 4.78 is 12.9. The molecule has 2 aromatic heterocycles. The monoisotopic (exact) mass is 443 g/mol. The van der Waals surface area contributed by atoms with E-state index in [1.54, 1.807) is 19.4 Å². The van der Waals surface area contributed by atoms with Crippen molar-refractivity contribution in [1.29, 1.82) is 0 Å². The number of furan rings is 1. The van der Waals surface area contributed by atoms with E-state index in [2.05, 4.69) is 15.1 Å². The van der Waals surface area contributed by atoms with Gasteiger partial charge in [-0.2, -0.15) is 0 Å². The second-order valence-corrected chi connectivity index (χ2v) is 7.97. The van der Waals surface area contributed by atoms with Crippen LogP contribution in [0.4, 0.5) is 0 Å². The summed E-state index contributed by atoms with van der Waals surface area (Å²) in [6, 6.07) is 11.2. The number of β-amino-alcohol motifs (C(OH)–C–C–N with tert-alkyl or cyclic N) is 1. The Balaban J connectivity index is 1.53. The first-order valence-corrected chi connectivity index (χ1v) is 11.1. The summed E-state index contributed by atoms with van der Waals surface area (Å²) in [7, 11) is 1.61. The van der Waals surface area contributed by atoms with Gasteiger partial charge in [-0.25, -0.2) is 0 Å². The highest BCUT2D eigenvalue weighted by molar-refractivity contribution is 7.99. The smallest absolute Gasteiger partial charge is 0.233 e. The van der Waals surface area contributed by atoms with Crippen LogP contribution in [-0.2, 0) is 4.79 Å². The maximum Gasteiger partial charge on any atom is 0.233 e. The Morgan fingerprint density at radius 3 is 2.68 bits per heavy atom. The summed E-state index contributed by atoms with van der Waals surface area (Å²) >= 11 is 1.34. The summed E-state index contributed by atoms with van der Waals surface area (Å²) in [4.78, 5) is 16.8. The number of methoxy groups -OCH3 is 1. The highest BCUT2D eigenvalue weighted by Gasteiger charge is 2.24. The van der Waals surface area contributed by atoms with E-state index in [1.807, 2.05) is 39.8 Å². The van der Waals surface area contributed by atoms with Gasteiger partial charge in [0, 0.05) is 32.7 Å². The molecule has 4 rings (SSSR count). The number of aromatic nitrogens is 3. The van der Waals surface area contributed by atoms with Crippen molar-refractivity contribution in [3.63, 3.8) is 0 Å². The molecule has 10 heteroatoms. The normalized spacial score (nSPS) is 14.7. The van der Waals surface area contributed by atoms with Gasteiger partial charge >= 0.3 is 0 Å². The standard InChI is InChI=1S/C21H25N5O4S/c1-29-17-6-3-2-5-16(17)26-20(18-7-4-14-30-18)22-23-21(26)31-15-19(28)25-10-8-24(9-11-25)12-13-27/h2-7,14,27H,8-13,15H2,1H3. The number of benzene rings is 1. The number of amides is 1. The zero-order valence-electron chi connectivity index (χ0n) is 17.3. The number of aliphatic hydroxyl groups excluding tert-OH is 1. The van der Waals surface area contributed by atoms with E-state index < -0.39 is 0 Å². The fourth-order valence-corrected chi connectivity index (χ4v) is 4.39. The predicted molar refractivity (Wildman–Crippen MR) is 116 cm³/mol. The fraction of sp³-hybridized carbons (Fsp3) is 0.381. The first-order valence-electron chi connectivity index (χ1n) is 10.1. The molecule has 164 valence electrons. The summed E-state index contributed by atoms with van der Waals surface area (Å²) in [5.74, 6) is 2.11. The Hall–Kier alpha value is -2.82. The van der Waals surface area contributed by atoms with Crippen LogP contribution in [0.15, 0.2) is 52.2 Å². The Bertz CT molecular complexity index is 999. The van der Waals surface area contributed by atoms with Crippen LogP contribution in [0.3, 0.4) is 0 Å². The zero-order chi connectivity index (χ0) is 21.6. The lowest BCUT2D eigenvalue weighted by atomic mass is 10.3. The topological polar surface area (TPSA) is 96.9 Å². The van der Waals surface area contributed by atoms with Crippen molar-refractivity contribution in [1.82, 2.24) is 24.6 Å². The van der Waals surface area contributed by atoms with Crippen LogP contribution in [0, 0.1) is 0 Å². The van der Waals surface area contributed by atoms with Gasteiger partial charge in [0.05, 0.1) is 31.4 Å². The number of nitrogens with zero attached hydrogens (tertiary/aromatic N) is 5. The second kappa shape index (κ2) is 9.99. The van der Waals surface area contributed by atoms with Gasteiger partial charge in [-0.15, -0.1) is 10.2 Å². The number of para-hydroxylation sites is 2. The molecule has 1 amide bonds. The molecule has 1 fully saturated rings. The van der Waals surface area contributed by atoms with Crippen LogP contribution in [0.1, 0.15) is 0 Å². The number of piperazine rings is 1. The van der Waals surface area contributed by atoms with Crippen molar-refractivity contribution < 1.29 is 19.1 Å². The maximum absolute atomic E-state index is 12.8. The molecule has 1 saturated heterocycles. The molecule has 1 aliphatic heterocycles. The number of aliphatic hydroxyl groups is 1. The number of thioether (sulfide) groups is 1. The van der Waals surface area contributed by atoms with Crippen molar-refractivity contribution in [3.05, 3.63) is 42.7 Å². The molecule has 3 heterocycles. The van der Waals surface area contributed by atoms with Gasteiger partial charge in [0.1, 0.15) is 5.75 Å². The average molecular weight is 444 g/mol. The van der Waals surface area contributed by atoms with Crippen molar-refractivity contribution in [2.45, 2.75) is 5.16 Å². The first-order chi connectivity index (χ1) is 15.2. The van der Waals surface area contributed by atoms with Gasteiger partial charge in [-0.05, 0) is 24.3 Å². The van der Waals surface area contributed by atoms with Crippen LogP contribution < -0.4 is 4.74 Å². The molecule has 0 aliphatic carbocycles. The molecular formula is C21H25N5O4S. The van der Waals surface area contributed by atoms with Crippen molar-refractivity contribution in [3.8, 4) is 23.0 Å². The molecule has 0 saturated carbocycles. The Morgan fingerprint density at radius 2 is 1.97 bits per heavy atom. The molecule has 0 spiro atoms. The minimum atomic E-state index is 0.0581. The minimum absolute atomic E-state index is 0.0581. The van der Waals surface area contributed by atoms with Crippen LogP contribution in [0.5, 0.6) is 5.75 Å². The average Bonchev–Trinajstić information content (AvgIpc) is 3.48. The van der Waals surface area contributed by atoms with Crippen molar-refractivity contribution in [2.24, 2.45) is 0 Å². The lowest BCUT2D eigenvalue weighted by Crippen LogP contribution is -2.49. The highest BCUT2D eigenvalue weighted by Crippen LogP contribution is 2.32. The van der Waals surface area contributed by atoms with Gasteiger partial charge < -0.3 is 19.2 Å². The number of rotatable bonds is 8. The van der Waals surface area contributed by atoms with Crippen molar-refractivity contribution >= 4 is 17.7 Å². The van der Waals surface area contributed by atoms with Gasteiger partial charge in [-0.3, -0.25) is 14.3 Å². The molecule has 1 N–H and O–H groups in total. The lowest BCUT2D eigenvalue weighted by molar-refractivity contribution is -0.130. The third-order valence-corrected chi connectivity index (χ3v) is 6.08. The molecule has 31 heavy (non-hydrogen) atoms. The van der Waals surface area contributed by atoms with E-state index in [4.69, 9.17) is 14.3 Å². The van der Waals surface area contributed by atoms with Crippen LogP contribution >= 0.6 is 11.8 Å². The Kier molecular flexibility index (Phi) is 6.90. The lowest BCUT2D eigenvalue weighted by Gasteiger charge is -2.34. The fourth-order valence-electron chi connectivity index (χ4n) is 3.54. The number of carbonyl (C=O) groups excluding carboxylic acids is 1. The third kappa shape index (κ3) is 4.76. The van der Waals surface area contributed by atoms with Gasteiger partial charge in [0.15, 0.2) is 10.9 Å². The van der Waals surface area contributed by atoms with Crippen LogP contribution in [-0.4, -0.2) is 87.8 Å². The van der Waals surface area contributed by atoms with Crippen molar-refractivity contribution in [2.75, 3.05) is 52.2 Å². The quantitative estimate of drug-likeness (QED) is 0.526. The summed E-state index contributed by atoms with van der Waals surface area (Å²) in [6.45, 7) is 3.66. The molecule has 0 radical (unpaired) electrons. The zero-order valence-corrected chi connectivity index (χ0v) is 18.1. The molecule has 1 aromatic carbocycles. The van der Waals surface area contributed by atoms with Gasteiger partial charge in [0.25, 0.3) is 0 Å². The molecule has 0 atom stereocenters. The summed E-state index contributed by atoms with van der Waals surface area (Å²) in [5.41, 5.74) is 0.772. The van der Waals surface area contributed by atoms with Gasteiger partial charge in [0.2, 0.25) is 11.7 Å². The number of hydrogen-bond donors (Lipinski definition) is 1. The maximum atomic E-state index is 12.8. The van der Waals surface area contributed by atoms with E-state index >= 15 is 0 Å². The highest BCUT2D eigenvalue weighted by atomic mass is 32.2. The number of carbonyl (C=O) groups is 1. The molecular weight excluding hydrogens is 418 g/mol. The van der Waals surface area contributed by atoms with E-state index in [1.165, 1.54) is 11.8 Å². The second-order valence-electron chi connectivity index (χ2n) is 7.03. The summed E-state index contributed by atoms with van der Waals surface area (Å²) in [5, 5.41) is 18.3. The Morgan fingerprint density at radius 1 is 1.16 bits per heavy atom. The molecule has 1 aliphatic rings. The minimum Gasteiger partial charge on any atom is -0.495 e.